The number of benzene rings is 1. The summed E-state index contributed by atoms with van der Waals surface area (Å²) in [6, 6.07) is 13.4. The molecule has 7 nitrogen and oxygen atoms in total. The van der Waals surface area contributed by atoms with Gasteiger partial charge in [-0.3, -0.25) is 14.8 Å². The van der Waals surface area contributed by atoms with Crippen molar-refractivity contribution < 1.29 is 19.4 Å². The summed E-state index contributed by atoms with van der Waals surface area (Å²) >= 11 is 0. The lowest BCUT2D eigenvalue weighted by Crippen LogP contribution is -2.38. The lowest BCUT2D eigenvalue weighted by molar-refractivity contribution is -0.136. The molecule has 184 valence electrons. The number of rotatable bonds is 9. The van der Waals surface area contributed by atoms with Gasteiger partial charge in [-0.2, -0.15) is 0 Å². The summed E-state index contributed by atoms with van der Waals surface area (Å²) in [5.74, 6) is 0.597. The standard InChI is InChI=1S/C28H33N3O4/c1-20-23(17-26(32)33)27(31-13-11-28(2,3)12-14-31)24(19-29-20)25-10-9-22(18-30-25)35-16-15-34-21-7-5-4-6-8-21/h4-10,18-19H,11-17H2,1-3H3,(H,32,33). The van der Waals surface area contributed by atoms with Crippen molar-refractivity contribution in [3.63, 3.8) is 0 Å². The Morgan fingerprint density at radius 2 is 1.66 bits per heavy atom. The normalized spacial score (nSPS) is 15.0. The number of carbonyl (C=O) groups is 1. The van der Waals surface area contributed by atoms with E-state index in [0.717, 1.165) is 59.9 Å². The first-order valence-electron chi connectivity index (χ1n) is 12.0. The number of aliphatic carboxylic acids is 1. The largest absolute Gasteiger partial charge is 0.490 e. The molecule has 1 saturated heterocycles. The minimum Gasteiger partial charge on any atom is -0.490 e. The van der Waals surface area contributed by atoms with Crippen molar-refractivity contribution in [3.05, 3.63) is 66.1 Å². The summed E-state index contributed by atoms with van der Waals surface area (Å²) in [7, 11) is 0. The van der Waals surface area contributed by atoms with Crippen LogP contribution in [0, 0.1) is 12.3 Å². The van der Waals surface area contributed by atoms with E-state index in [1.165, 1.54) is 0 Å². The summed E-state index contributed by atoms with van der Waals surface area (Å²) < 4.78 is 11.5. The molecule has 0 saturated carbocycles. The van der Waals surface area contributed by atoms with Gasteiger partial charge in [0.25, 0.3) is 0 Å². The van der Waals surface area contributed by atoms with Gasteiger partial charge in [0.1, 0.15) is 24.7 Å². The van der Waals surface area contributed by atoms with E-state index in [-0.39, 0.29) is 11.8 Å². The van der Waals surface area contributed by atoms with Crippen LogP contribution in [-0.4, -0.2) is 47.3 Å². The lowest BCUT2D eigenvalue weighted by Gasteiger charge is -2.40. The van der Waals surface area contributed by atoms with E-state index < -0.39 is 5.97 Å². The molecule has 1 aromatic carbocycles. The van der Waals surface area contributed by atoms with E-state index in [1.54, 1.807) is 6.20 Å². The highest BCUT2D eigenvalue weighted by atomic mass is 16.5. The van der Waals surface area contributed by atoms with Crippen LogP contribution in [0.1, 0.15) is 37.9 Å². The zero-order chi connectivity index (χ0) is 24.8. The van der Waals surface area contributed by atoms with Gasteiger partial charge in [-0.15, -0.1) is 0 Å². The first kappa shape index (κ1) is 24.5. The number of anilines is 1. The van der Waals surface area contributed by atoms with Crippen molar-refractivity contribution in [2.45, 2.75) is 40.0 Å². The lowest BCUT2D eigenvalue weighted by atomic mass is 9.82. The van der Waals surface area contributed by atoms with Crippen LogP contribution in [0.15, 0.2) is 54.9 Å². The Bertz CT molecular complexity index is 1140. The molecule has 4 rings (SSSR count). The van der Waals surface area contributed by atoms with Crippen molar-refractivity contribution in [1.82, 2.24) is 9.97 Å². The molecule has 0 amide bonds. The number of nitrogens with zero attached hydrogens (tertiary/aromatic N) is 3. The molecule has 0 atom stereocenters. The van der Waals surface area contributed by atoms with Crippen LogP contribution >= 0.6 is 0 Å². The molecule has 0 aliphatic carbocycles. The Hall–Kier alpha value is -3.61. The molecule has 0 bridgehead atoms. The van der Waals surface area contributed by atoms with Crippen LogP contribution in [0.3, 0.4) is 0 Å². The molecular formula is C28H33N3O4. The number of para-hydroxylation sites is 1. The number of pyridine rings is 2. The van der Waals surface area contributed by atoms with Crippen molar-refractivity contribution in [3.8, 4) is 22.8 Å². The monoisotopic (exact) mass is 475 g/mol. The summed E-state index contributed by atoms with van der Waals surface area (Å²) in [5.41, 5.74) is 4.33. The second-order valence-corrected chi connectivity index (χ2v) is 9.70. The van der Waals surface area contributed by atoms with Gasteiger partial charge in [-0.05, 0) is 49.4 Å². The average Bonchev–Trinajstić information content (AvgIpc) is 2.84. The molecule has 7 heteroatoms. The fraction of sp³-hybridized carbons (Fsp3) is 0.393. The maximum absolute atomic E-state index is 11.7. The average molecular weight is 476 g/mol. The van der Waals surface area contributed by atoms with Gasteiger partial charge in [0, 0.05) is 36.1 Å². The van der Waals surface area contributed by atoms with Gasteiger partial charge >= 0.3 is 5.97 Å². The van der Waals surface area contributed by atoms with Gasteiger partial charge in [0.05, 0.1) is 24.0 Å². The zero-order valence-electron chi connectivity index (χ0n) is 20.7. The molecule has 35 heavy (non-hydrogen) atoms. The molecule has 0 spiro atoms. The summed E-state index contributed by atoms with van der Waals surface area (Å²) in [6.45, 7) is 9.03. The highest BCUT2D eigenvalue weighted by Gasteiger charge is 2.29. The number of piperidine rings is 1. The Morgan fingerprint density at radius 1 is 0.971 bits per heavy atom. The second-order valence-electron chi connectivity index (χ2n) is 9.70. The van der Waals surface area contributed by atoms with Gasteiger partial charge in [-0.1, -0.05) is 32.0 Å². The maximum Gasteiger partial charge on any atom is 0.307 e. The Kier molecular flexibility index (Phi) is 7.54. The van der Waals surface area contributed by atoms with Crippen LogP contribution in [0.4, 0.5) is 5.69 Å². The molecular weight excluding hydrogens is 442 g/mol. The van der Waals surface area contributed by atoms with Gasteiger partial charge in [-0.25, -0.2) is 0 Å². The third-order valence-corrected chi connectivity index (χ3v) is 6.50. The highest BCUT2D eigenvalue weighted by Crippen LogP contribution is 2.39. The third kappa shape index (κ3) is 6.29. The van der Waals surface area contributed by atoms with Crippen molar-refractivity contribution >= 4 is 11.7 Å². The van der Waals surface area contributed by atoms with Crippen LogP contribution < -0.4 is 14.4 Å². The molecule has 2 aromatic heterocycles. The predicted octanol–water partition coefficient (Wildman–Crippen LogP) is 5.16. The quantitative estimate of drug-likeness (QED) is 0.428. The number of carboxylic acids is 1. The van der Waals surface area contributed by atoms with Crippen LogP contribution in [0.2, 0.25) is 0 Å². The van der Waals surface area contributed by atoms with Crippen molar-refractivity contribution in [2.24, 2.45) is 5.41 Å². The molecule has 1 fully saturated rings. The Morgan fingerprint density at radius 3 is 2.29 bits per heavy atom. The second kappa shape index (κ2) is 10.8. The highest BCUT2D eigenvalue weighted by molar-refractivity contribution is 5.83. The van der Waals surface area contributed by atoms with E-state index in [2.05, 4.69) is 28.7 Å². The van der Waals surface area contributed by atoms with Crippen LogP contribution in [0.5, 0.6) is 11.5 Å². The molecule has 3 aromatic rings. The molecule has 0 unspecified atom stereocenters. The first-order chi connectivity index (χ1) is 16.8. The zero-order valence-corrected chi connectivity index (χ0v) is 20.7. The van der Waals surface area contributed by atoms with E-state index in [9.17, 15) is 9.90 Å². The summed E-state index contributed by atoms with van der Waals surface area (Å²) in [4.78, 5) is 23.2. The van der Waals surface area contributed by atoms with Gasteiger partial charge in [0.2, 0.25) is 0 Å². The first-order valence-corrected chi connectivity index (χ1v) is 12.0. The number of aromatic nitrogens is 2. The Balaban J connectivity index is 1.52. The minimum atomic E-state index is -0.861. The topological polar surface area (TPSA) is 84.8 Å². The molecule has 1 aliphatic rings. The van der Waals surface area contributed by atoms with E-state index in [0.29, 0.717) is 19.0 Å². The fourth-order valence-corrected chi connectivity index (χ4v) is 4.34. The third-order valence-electron chi connectivity index (χ3n) is 6.50. The summed E-state index contributed by atoms with van der Waals surface area (Å²) in [6.07, 6.45) is 5.53. The number of hydrogen-bond acceptors (Lipinski definition) is 6. The SMILES string of the molecule is Cc1ncc(-c2ccc(OCCOc3ccccc3)cn2)c(N2CCC(C)(C)CC2)c1CC(=O)O. The van der Waals surface area contributed by atoms with Crippen LogP contribution in [-0.2, 0) is 11.2 Å². The number of hydrogen-bond donors (Lipinski definition) is 1. The van der Waals surface area contributed by atoms with Crippen molar-refractivity contribution in [2.75, 3.05) is 31.2 Å². The maximum atomic E-state index is 11.7. The fourth-order valence-electron chi connectivity index (χ4n) is 4.34. The van der Waals surface area contributed by atoms with Gasteiger partial charge < -0.3 is 19.5 Å². The predicted molar refractivity (Wildman–Crippen MR) is 136 cm³/mol. The van der Waals surface area contributed by atoms with E-state index in [1.807, 2.05) is 55.6 Å². The van der Waals surface area contributed by atoms with E-state index >= 15 is 0 Å². The molecule has 3 heterocycles. The van der Waals surface area contributed by atoms with Gasteiger partial charge in [0.15, 0.2) is 0 Å². The van der Waals surface area contributed by atoms with Crippen molar-refractivity contribution in [1.29, 1.82) is 0 Å². The van der Waals surface area contributed by atoms with E-state index in [4.69, 9.17) is 9.47 Å². The molecule has 1 aliphatic heterocycles. The summed E-state index contributed by atoms with van der Waals surface area (Å²) in [5, 5.41) is 9.58. The number of carboxylic acid groups (broad SMARTS) is 1. The number of aryl methyl sites for hydroxylation is 1. The molecule has 0 radical (unpaired) electrons. The smallest absolute Gasteiger partial charge is 0.307 e. The number of ether oxygens (including phenoxy) is 2. The molecule has 1 N–H and O–H groups in total. The Labute approximate surface area is 206 Å². The van der Waals surface area contributed by atoms with Crippen LogP contribution in [0.25, 0.3) is 11.3 Å². The minimum absolute atomic E-state index is 0.0650.